The number of carbonyl (C=O) groups excluding carboxylic acids is 3. The van der Waals surface area contributed by atoms with Gasteiger partial charge in [0.25, 0.3) is 0 Å². The molecule has 5 rings (SSSR count). The van der Waals surface area contributed by atoms with E-state index in [9.17, 15) is 14.4 Å². The van der Waals surface area contributed by atoms with Gasteiger partial charge in [0.05, 0.1) is 16.5 Å². The van der Waals surface area contributed by atoms with E-state index in [4.69, 9.17) is 0 Å². The summed E-state index contributed by atoms with van der Waals surface area (Å²) in [6, 6.07) is 15.5. The Labute approximate surface area is 267 Å². The molecular weight excluding hydrogens is 564 g/mol. The van der Waals surface area contributed by atoms with Gasteiger partial charge in [-0.2, -0.15) is 0 Å². The van der Waals surface area contributed by atoms with Crippen molar-refractivity contribution in [3.8, 4) is 0 Å². The number of pyridine rings is 1. The summed E-state index contributed by atoms with van der Waals surface area (Å²) in [7, 11) is 0. The number of rotatable bonds is 18. The quantitative estimate of drug-likeness (QED) is 0.106. The third kappa shape index (κ3) is 8.18. The zero-order chi connectivity index (χ0) is 30.7. The van der Waals surface area contributed by atoms with Crippen LogP contribution < -0.4 is 4.90 Å². The summed E-state index contributed by atoms with van der Waals surface area (Å²) in [6.45, 7) is 2.27. The SMILES string of the molecule is CCCCCCCCCCCCCCCC[C@@H]1CC(=O)N(c2ccc3c(c2)C(=O)[C@H](Sc2cccc4cccnc24)C3)C1=O. The van der Waals surface area contributed by atoms with Crippen LogP contribution in [0, 0.1) is 5.92 Å². The van der Waals surface area contributed by atoms with Crippen LogP contribution in [0.15, 0.2) is 59.6 Å². The Hall–Kier alpha value is -2.99. The lowest BCUT2D eigenvalue weighted by molar-refractivity contribution is -0.122. The molecule has 1 saturated heterocycles. The van der Waals surface area contributed by atoms with Crippen LogP contribution in [0.2, 0.25) is 0 Å². The molecule has 2 aliphatic rings. The number of para-hydroxylation sites is 1. The molecule has 1 aromatic heterocycles. The van der Waals surface area contributed by atoms with Crippen molar-refractivity contribution in [3.05, 3.63) is 65.9 Å². The molecule has 5 nitrogen and oxygen atoms in total. The minimum absolute atomic E-state index is 0.0536. The van der Waals surface area contributed by atoms with E-state index in [1.54, 1.807) is 24.0 Å². The third-order valence-corrected chi connectivity index (χ3v) is 10.6. The van der Waals surface area contributed by atoms with E-state index in [0.29, 0.717) is 17.7 Å². The van der Waals surface area contributed by atoms with Gasteiger partial charge >= 0.3 is 0 Å². The number of aromatic nitrogens is 1. The molecule has 1 aliphatic carbocycles. The lowest BCUT2D eigenvalue weighted by atomic mass is 9.98. The van der Waals surface area contributed by atoms with Crippen LogP contribution in [0.1, 0.15) is 126 Å². The van der Waals surface area contributed by atoms with Crippen LogP contribution in [0.4, 0.5) is 5.69 Å². The lowest BCUT2D eigenvalue weighted by Gasteiger charge is -2.16. The highest BCUT2D eigenvalue weighted by Gasteiger charge is 2.40. The number of ketones is 1. The van der Waals surface area contributed by atoms with Crippen molar-refractivity contribution < 1.29 is 14.4 Å². The number of carbonyl (C=O) groups is 3. The third-order valence-electron chi connectivity index (χ3n) is 9.33. The molecule has 2 heterocycles. The molecule has 1 fully saturated rings. The standard InChI is InChI=1S/C38H48N2O3S/c1-2-3-4-5-6-7-8-9-10-11-12-13-14-15-18-30-26-35(41)40(38(30)43)31-23-22-29-25-34(37(42)32(29)27-31)44-33-21-16-19-28-20-17-24-39-36(28)33/h16-17,19-24,27,30,34H,2-15,18,25-26H2,1H3/t30-,34-/m1/s1. The van der Waals surface area contributed by atoms with E-state index in [-0.39, 0.29) is 35.2 Å². The number of imide groups is 1. The van der Waals surface area contributed by atoms with Crippen molar-refractivity contribution in [1.82, 2.24) is 4.98 Å². The fourth-order valence-corrected chi connectivity index (χ4v) is 8.02. The monoisotopic (exact) mass is 612 g/mol. The Bertz CT molecular complexity index is 1430. The molecule has 1 aliphatic heterocycles. The number of anilines is 1. The molecule has 0 radical (unpaired) electrons. The fraction of sp³-hybridized carbons (Fsp3) is 0.526. The van der Waals surface area contributed by atoms with Crippen molar-refractivity contribution in [2.24, 2.45) is 5.92 Å². The molecule has 2 atom stereocenters. The largest absolute Gasteiger partial charge is 0.293 e. The number of hydrogen-bond acceptors (Lipinski definition) is 5. The van der Waals surface area contributed by atoms with Gasteiger partial charge in [0.15, 0.2) is 5.78 Å². The molecule has 0 saturated carbocycles. The van der Waals surface area contributed by atoms with Crippen molar-refractivity contribution in [2.45, 2.75) is 126 Å². The number of unbranched alkanes of at least 4 members (excludes halogenated alkanes) is 13. The highest BCUT2D eigenvalue weighted by molar-refractivity contribution is 8.01. The van der Waals surface area contributed by atoms with E-state index in [2.05, 4.69) is 11.9 Å². The van der Waals surface area contributed by atoms with Gasteiger partial charge in [-0.25, -0.2) is 0 Å². The maximum absolute atomic E-state index is 13.5. The number of Topliss-reactive ketones (excluding diaryl/α,β-unsaturated/α-hetero) is 1. The average Bonchev–Trinajstić information content (AvgIpc) is 3.50. The number of fused-ring (bicyclic) bond motifs is 2. The molecule has 0 N–H and O–H groups in total. The maximum Gasteiger partial charge on any atom is 0.237 e. The molecule has 2 amide bonds. The van der Waals surface area contributed by atoms with Crippen LogP contribution in [0.25, 0.3) is 10.9 Å². The first-order chi connectivity index (χ1) is 21.6. The predicted octanol–water partition coefficient (Wildman–Crippen LogP) is 9.89. The molecule has 0 spiro atoms. The summed E-state index contributed by atoms with van der Waals surface area (Å²) >= 11 is 1.55. The van der Waals surface area contributed by atoms with E-state index >= 15 is 0 Å². The Balaban J connectivity index is 1.04. The molecular formula is C38H48N2O3S. The summed E-state index contributed by atoms with van der Waals surface area (Å²) in [5, 5.41) is 0.809. The highest BCUT2D eigenvalue weighted by Crippen LogP contribution is 2.39. The van der Waals surface area contributed by atoms with E-state index in [0.717, 1.165) is 40.6 Å². The number of amides is 2. The summed E-state index contributed by atoms with van der Waals surface area (Å²) in [5.41, 5.74) is 3.04. The Morgan fingerprint density at radius 1 is 0.773 bits per heavy atom. The number of nitrogens with zero attached hydrogens (tertiary/aromatic N) is 2. The predicted molar refractivity (Wildman–Crippen MR) is 181 cm³/mol. The summed E-state index contributed by atoms with van der Waals surface area (Å²) in [6.07, 6.45) is 21.7. The topological polar surface area (TPSA) is 67.3 Å². The van der Waals surface area contributed by atoms with Gasteiger partial charge in [-0.1, -0.05) is 121 Å². The fourth-order valence-electron chi connectivity index (χ4n) is 6.77. The molecule has 44 heavy (non-hydrogen) atoms. The minimum Gasteiger partial charge on any atom is -0.293 e. The van der Waals surface area contributed by atoms with Crippen LogP contribution >= 0.6 is 11.8 Å². The van der Waals surface area contributed by atoms with E-state index < -0.39 is 0 Å². The molecule has 2 aromatic carbocycles. The van der Waals surface area contributed by atoms with E-state index in [1.807, 2.05) is 42.5 Å². The number of benzene rings is 2. The summed E-state index contributed by atoms with van der Waals surface area (Å²) in [4.78, 5) is 46.6. The van der Waals surface area contributed by atoms with E-state index in [1.165, 1.54) is 81.9 Å². The molecule has 3 aromatic rings. The number of thioether (sulfide) groups is 1. The zero-order valence-electron chi connectivity index (χ0n) is 26.4. The van der Waals surface area contributed by atoms with Crippen LogP contribution in [-0.2, 0) is 16.0 Å². The van der Waals surface area contributed by atoms with Crippen molar-refractivity contribution in [2.75, 3.05) is 4.90 Å². The summed E-state index contributed by atoms with van der Waals surface area (Å²) < 4.78 is 0. The van der Waals surface area contributed by atoms with Gasteiger partial charge in [-0.05, 0) is 42.7 Å². The maximum atomic E-state index is 13.5. The van der Waals surface area contributed by atoms with Crippen LogP contribution in [0.3, 0.4) is 0 Å². The highest BCUT2D eigenvalue weighted by atomic mass is 32.2. The first-order valence-electron chi connectivity index (χ1n) is 17.1. The first-order valence-corrected chi connectivity index (χ1v) is 18.0. The molecule has 6 heteroatoms. The zero-order valence-corrected chi connectivity index (χ0v) is 27.2. The second kappa shape index (κ2) is 16.4. The molecule has 0 unspecified atom stereocenters. The van der Waals surface area contributed by atoms with Crippen molar-refractivity contribution in [1.29, 1.82) is 0 Å². The summed E-state index contributed by atoms with van der Waals surface area (Å²) in [5.74, 6) is -0.449. The van der Waals surface area contributed by atoms with Gasteiger partial charge in [-0.15, -0.1) is 11.8 Å². The van der Waals surface area contributed by atoms with Gasteiger partial charge in [0.1, 0.15) is 0 Å². The molecule has 0 bridgehead atoms. The first kappa shape index (κ1) is 32.4. The smallest absolute Gasteiger partial charge is 0.237 e. The van der Waals surface area contributed by atoms with Crippen LogP contribution in [0.5, 0.6) is 0 Å². The van der Waals surface area contributed by atoms with Crippen molar-refractivity contribution in [3.63, 3.8) is 0 Å². The number of hydrogen-bond donors (Lipinski definition) is 0. The van der Waals surface area contributed by atoms with Gasteiger partial charge < -0.3 is 0 Å². The minimum atomic E-state index is -0.245. The Kier molecular flexibility index (Phi) is 12.0. The van der Waals surface area contributed by atoms with Gasteiger partial charge in [-0.3, -0.25) is 24.3 Å². The lowest BCUT2D eigenvalue weighted by Crippen LogP contribution is -2.30. The van der Waals surface area contributed by atoms with Crippen LogP contribution in [-0.4, -0.2) is 27.8 Å². The van der Waals surface area contributed by atoms with Crippen molar-refractivity contribution >= 4 is 45.9 Å². The molecule has 234 valence electrons. The second-order valence-corrected chi connectivity index (χ2v) is 13.9. The Morgan fingerprint density at radius 3 is 2.14 bits per heavy atom. The second-order valence-electron chi connectivity index (χ2n) is 12.7. The Morgan fingerprint density at radius 2 is 1.43 bits per heavy atom. The van der Waals surface area contributed by atoms with Gasteiger partial charge in [0, 0.05) is 34.4 Å². The van der Waals surface area contributed by atoms with Gasteiger partial charge in [0.2, 0.25) is 11.8 Å². The average molecular weight is 613 g/mol. The normalized spacial score (nSPS) is 18.1.